The summed E-state index contributed by atoms with van der Waals surface area (Å²) in [4.78, 5) is 8.66. The molecule has 1 saturated heterocycles. The van der Waals surface area contributed by atoms with Crippen LogP contribution in [0.1, 0.15) is 0 Å². The van der Waals surface area contributed by atoms with E-state index in [0.717, 1.165) is 11.2 Å². The maximum atomic E-state index is 5.45. The third-order valence-electron chi connectivity index (χ3n) is 3.80. The van der Waals surface area contributed by atoms with E-state index in [4.69, 9.17) is 18.9 Å². The Kier molecular flexibility index (Phi) is 4.26. The average Bonchev–Trinajstić information content (AvgIpc) is 3.01. The average molecular weight is 305 g/mol. The van der Waals surface area contributed by atoms with Gasteiger partial charge in [-0.1, -0.05) is 0 Å². The number of nitrogens with one attached hydrogen (secondary N) is 1. The van der Waals surface area contributed by atoms with Crippen molar-refractivity contribution in [1.29, 1.82) is 0 Å². The fraction of sp³-hybridized carbons (Fsp3) is 0.467. The first kappa shape index (κ1) is 14.8. The first-order valence-corrected chi connectivity index (χ1v) is 7.01. The number of fused-ring (bicyclic) bond motifs is 1. The van der Waals surface area contributed by atoms with Gasteiger partial charge in [0.25, 0.3) is 0 Å². The van der Waals surface area contributed by atoms with E-state index in [0.29, 0.717) is 30.2 Å². The lowest BCUT2D eigenvalue weighted by Gasteiger charge is -2.19. The Hall–Kier alpha value is -2.12. The molecule has 2 heterocycles. The van der Waals surface area contributed by atoms with Crippen molar-refractivity contribution in [2.45, 2.75) is 12.1 Å². The predicted molar refractivity (Wildman–Crippen MR) is 81.7 cm³/mol. The maximum Gasteiger partial charge on any atom is 0.187 e. The van der Waals surface area contributed by atoms with E-state index in [1.54, 1.807) is 21.3 Å². The van der Waals surface area contributed by atoms with Gasteiger partial charge in [-0.15, -0.1) is 0 Å². The van der Waals surface area contributed by atoms with Gasteiger partial charge in [0.15, 0.2) is 11.5 Å². The molecule has 2 atom stereocenters. The van der Waals surface area contributed by atoms with Gasteiger partial charge in [-0.05, 0) is 12.1 Å². The van der Waals surface area contributed by atoms with Crippen LogP contribution in [0.2, 0.25) is 0 Å². The Bertz CT molecular complexity index is 665. The van der Waals surface area contributed by atoms with Crippen LogP contribution >= 0.6 is 0 Å². The maximum absolute atomic E-state index is 5.45. The summed E-state index contributed by atoms with van der Waals surface area (Å²) in [6, 6.07) is 3.81. The van der Waals surface area contributed by atoms with Gasteiger partial charge in [-0.2, -0.15) is 0 Å². The van der Waals surface area contributed by atoms with Crippen LogP contribution in [0.25, 0.3) is 10.9 Å². The van der Waals surface area contributed by atoms with Gasteiger partial charge in [-0.3, -0.25) is 0 Å². The fourth-order valence-corrected chi connectivity index (χ4v) is 2.64. The van der Waals surface area contributed by atoms with E-state index in [1.807, 2.05) is 12.1 Å². The first-order valence-electron chi connectivity index (χ1n) is 7.01. The summed E-state index contributed by atoms with van der Waals surface area (Å²) < 4.78 is 21.6. The lowest BCUT2D eigenvalue weighted by Crippen LogP contribution is -2.33. The normalized spacial score (nSPS) is 21.0. The van der Waals surface area contributed by atoms with E-state index in [2.05, 4.69) is 15.3 Å². The number of hydrogen-bond acceptors (Lipinski definition) is 7. The van der Waals surface area contributed by atoms with Crippen molar-refractivity contribution in [3.05, 3.63) is 18.5 Å². The summed E-state index contributed by atoms with van der Waals surface area (Å²) in [5, 5.41) is 4.24. The molecule has 3 rings (SSSR count). The van der Waals surface area contributed by atoms with Crippen LogP contribution in [-0.4, -0.2) is 56.7 Å². The molecule has 7 nitrogen and oxygen atoms in total. The van der Waals surface area contributed by atoms with Crippen molar-refractivity contribution < 1.29 is 18.9 Å². The van der Waals surface area contributed by atoms with Crippen molar-refractivity contribution in [3.63, 3.8) is 0 Å². The number of nitrogens with zero attached hydrogens (tertiary/aromatic N) is 2. The Morgan fingerprint density at radius 1 is 1.14 bits per heavy atom. The Morgan fingerprint density at radius 3 is 2.73 bits per heavy atom. The predicted octanol–water partition coefficient (Wildman–Crippen LogP) is 1.47. The summed E-state index contributed by atoms with van der Waals surface area (Å²) in [7, 11) is 4.88. The van der Waals surface area contributed by atoms with Crippen LogP contribution in [0, 0.1) is 0 Å². The van der Waals surface area contributed by atoms with Crippen molar-refractivity contribution in [2.75, 3.05) is 39.9 Å². The first-order chi connectivity index (χ1) is 10.8. The van der Waals surface area contributed by atoms with Crippen LogP contribution in [0.4, 0.5) is 5.82 Å². The standard InChI is InChI=1S/C15H19N3O4/c1-19-11-5-4-9-13(14(11)21-3)16-8-17-15(9)18-10-6-22-7-12(10)20-2/h4-5,8,10,12H,6-7H2,1-3H3,(H,16,17,18). The molecule has 1 N–H and O–H groups in total. The molecule has 1 aromatic heterocycles. The number of ether oxygens (including phenoxy) is 4. The zero-order valence-electron chi connectivity index (χ0n) is 12.8. The second-order valence-electron chi connectivity index (χ2n) is 4.98. The molecule has 0 saturated carbocycles. The summed E-state index contributed by atoms with van der Waals surface area (Å²) in [5.74, 6) is 1.96. The zero-order valence-corrected chi connectivity index (χ0v) is 12.8. The second-order valence-corrected chi connectivity index (χ2v) is 4.98. The van der Waals surface area contributed by atoms with E-state index in [9.17, 15) is 0 Å². The number of benzene rings is 1. The molecule has 2 aromatic rings. The molecule has 0 spiro atoms. The summed E-state index contributed by atoms with van der Waals surface area (Å²) >= 11 is 0. The molecular weight excluding hydrogens is 286 g/mol. The smallest absolute Gasteiger partial charge is 0.187 e. The van der Waals surface area contributed by atoms with Crippen LogP contribution in [0.15, 0.2) is 18.5 Å². The molecule has 0 amide bonds. The quantitative estimate of drug-likeness (QED) is 0.896. The van der Waals surface area contributed by atoms with Crippen LogP contribution in [-0.2, 0) is 9.47 Å². The second kappa shape index (κ2) is 6.33. The van der Waals surface area contributed by atoms with Gasteiger partial charge >= 0.3 is 0 Å². The highest BCUT2D eigenvalue weighted by atomic mass is 16.5. The summed E-state index contributed by atoms with van der Waals surface area (Å²) in [5.41, 5.74) is 0.701. The van der Waals surface area contributed by atoms with Crippen LogP contribution < -0.4 is 14.8 Å². The number of methoxy groups -OCH3 is 3. The summed E-state index contributed by atoms with van der Waals surface area (Å²) in [6.07, 6.45) is 1.51. The van der Waals surface area contributed by atoms with Crippen molar-refractivity contribution >= 4 is 16.7 Å². The fourth-order valence-electron chi connectivity index (χ4n) is 2.64. The molecule has 7 heteroatoms. The minimum atomic E-state index is 0.00478. The van der Waals surface area contributed by atoms with E-state index >= 15 is 0 Å². The van der Waals surface area contributed by atoms with Gasteiger partial charge in [0.05, 0.1) is 33.5 Å². The van der Waals surface area contributed by atoms with Crippen molar-refractivity contribution in [1.82, 2.24) is 9.97 Å². The van der Waals surface area contributed by atoms with E-state index in [1.165, 1.54) is 6.33 Å². The van der Waals surface area contributed by atoms with E-state index < -0.39 is 0 Å². The Labute approximate surface area is 128 Å². The monoisotopic (exact) mass is 305 g/mol. The third-order valence-corrected chi connectivity index (χ3v) is 3.80. The van der Waals surface area contributed by atoms with Crippen LogP contribution in [0.3, 0.4) is 0 Å². The highest BCUT2D eigenvalue weighted by molar-refractivity contribution is 5.94. The van der Waals surface area contributed by atoms with Gasteiger partial charge in [0, 0.05) is 12.5 Å². The molecule has 0 aliphatic carbocycles. The van der Waals surface area contributed by atoms with Gasteiger partial charge in [0.1, 0.15) is 23.8 Å². The van der Waals surface area contributed by atoms with Gasteiger partial charge < -0.3 is 24.3 Å². The molecule has 2 unspecified atom stereocenters. The van der Waals surface area contributed by atoms with Crippen molar-refractivity contribution in [3.8, 4) is 11.5 Å². The minimum Gasteiger partial charge on any atom is -0.493 e. The lowest BCUT2D eigenvalue weighted by molar-refractivity contribution is 0.0795. The molecule has 118 valence electrons. The van der Waals surface area contributed by atoms with E-state index in [-0.39, 0.29) is 12.1 Å². The molecule has 0 radical (unpaired) electrons. The lowest BCUT2D eigenvalue weighted by atomic mass is 10.1. The molecule has 1 aliphatic heterocycles. The molecule has 22 heavy (non-hydrogen) atoms. The SMILES string of the molecule is COc1ccc2c(NC3COCC3OC)ncnc2c1OC. The molecule has 1 aliphatic rings. The highest BCUT2D eigenvalue weighted by Crippen LogP contribution is 2.36. The largest absolute Gasteiger partial charge is 0.493 e. The highest BCUT2D eigenvalue weighted by Gasteiger charge is 2.29. The topological polar surface area (TPSA) is 74.7 Å². The molecule has 0 bridgehead atoms. The minimum absolute atomic E-state index is 0.00478. The third kappa shape index (κ3) is 2.53. The van der Waals surface area contributed by atoms with Crippen LogP contribution in [0.5, 0.6) is 11.5 Å². The summed E-state index contributed by atoms with van der Waals surface area (Å²) in [6.45, 7) is 1.16. The Balaban J connectivity index is 2.00. The number of hydrogen-bond donors (Lipinski definition) is 1. The number of anilines is 1. The Morgan fingerprint density at radius 2 is 2.00 bits per heavy atom. The molecule has 1 fully saturated rings. The van der Waals surface area contributed by atoms with Gasteiger partial charge in [0.2, 0.25) is 0 Å². The number of rotatable bonds is 5. The zero-order chi connectivity index (χ0) is 15.5. The molecule has 1 aromatic carbocycles. The van der Waals surface area contributed by atoms with Gasteiger partial charge in [-0.25, -0.2) is 9.97 Å². The van der Waals surface area contributed by atoms with Crippen molar-refractivity contribution in [2.24, 2.45) is 0 Å². The number of aromatic nitrogens is 2. The molecular formula is C15H19N3O4.